The summed E-state index contributed by atoms with van der Waals surface area (Å²) in [7, 11) is -6.09. The van der Waals surface area contributed by atoms with Crippen LogP contribution in [0.1, 0.15) is 16.7 Å². The number of hydrogen-bond acceptors (Lipinski definition) is 3. The van der Waals surface area contributed by atoms with E-state index in [1.54, 1.807) is 3.57 Å². The summed E-state index contributed by atoms with van der Waals surface area (Å²) in [6.07, 6.45) is 0. The summed E-state index contributed by atoms with van der Waals surface area (Å²) in [6, 6.07) is 24.3. The highest BCUT2D eigenvalue weighted by atomic mass is 127. The Morgan fingerprint density at radius 1 is 0.800 bits per heavy atom. The summed E-state index contributed by atoms with van der Waals surface area (Å²) in [5.41, 5.74) is 1.19. The third-order valence-electron chi connectivity index (χ3n) is 4.02. The molecule has 0 atom stereocenters. The predicted molar refractivity (Wildman–Crippen MR) is 106 cm³/mol. The molecule has 0 radical (unpaired) electrons. The van der Waals surface area contributed by atoms with Crippen LogP contribution >= 0.6 is 0 Å². The zero-order valence-electron chi connectivity index (χ0n) is 16.5. The van der Waals surface area contributed by atoms with E-state index in [0.717, 1.165) is 0 Å². The van der Waals surface area contributed by atoms with Gasteiger partial charge in [0.15, 0.2) is 17.3 Å². The largest absolute Gasteiger partial charge is 0.741 e. The van der Waals surface area contributed by atoms with Crippen LogP contribution in [-0.2, 0) is 10.1 Å². The monoisotopic (exact) mass is 548 g/mol. The number of halogens is 4. The van der Waals surface area contributed by atoms with Gasteiger partial charge in [-0.05, 0) is 56.2 Å². The molecule has 160 valence electrons. The second-order valence-corrected chi connectivity index (χ2v) is 10.8. The van der Waals surface area contributed by atoms with E-state index >= 15 is 0 Å². The van der Waals surface area contributed by atoms with Crippen LogP contribution in [0.25, 0.3) is 11.1 Å². The Bertz CT molecular complexity index is 1070. The van der Waals surface area contributed by atoms with Crippen molar-refractivity contribution >= 4 is 10.1 Å². The molecule has 0 aliphatic carbocycles. The lowest BCUT2D eigenvalue weighted by Crippen LogP contribution is -3.62. The van der Waals surface area contributed by atoms with Gasteiger partial charge in [0.2, 0.25) is 0 Å². The minimum absolute atomic E-state index is 0.110. The Hall–Kier alpha value is -1.91. The Kier molecular flexibility index (Phi) is 8.06. The minimum atomic E-state index is -6.09. The third-order valence-corrected chi connectivity index (χ3v) is 8.17. The van der Waals surface area contributed by atoms with E-state index in [1.165, 1.54) is 31.4 Å². The van der Waals surface area contributed by atoms with Crippen LogP contribution in [-0.4, -0.2) is 18.5 Å². The Balaban J connectivity index is 0.000000343. The highest BCUT2D eigenvalue weighted by Gasteiger charge is 2.36. The minimum Gasteiger partial charge on any atom is -0.741 e. The first kappa shape index (κ1) is 24.4. The van der Waals surface area contributed by atoms with Crippen molar-refractivity contribution in [1.82, 2.24) is 0 Å². The fraction of sp³-hybridized carbons (Fsp3) is 0.182. The second-order valence-electron chi connectivity index (χ2n) is 6.58. The summed E-state index contributed by atoms with van der Waals surface area (Å²) in [6.45, 7) is 6.66. The summed E-state index contributed by atoms with van der Waals surface area (Å²) >= 11 is -0.110. The Labute approximate surface area is 185 Å². The molecule has 3 rings (SSSR count). The molecule has 0 aliphatic heterocycles. The van der Waals surface area contributed by atoms with Gasteiger partial charge in [0, 0.05) is 11.1 Å². The first-order valence-electron chi connectivity index (χ1n) is 8.79. The van der Waals surface area contributed by atoms with Gasteiger partial charge >= 0.3 is 26.7 Å². The molecular formula is C22H20F3IO3S. The molecule has 8 heteroatoms. The van der Waals surface area contributed by atoms with Crippen LogP contribution < -0.4 is 21.2 Å². The summed E-state index contributed by atoms with van der Waals surface area (Å²) in [4.78, 5) is 0. The van der Waals surface area contributed by atoms with Crippen molar-refractivity contribution in [2.24, 2.45) is 0 Å². The van der Waals surface area contributed by atoms with Gasteiger partial charge < -0.3 is 4.55 Å². The molecule has 0 heterocycles. The van der Waals surface area contributed by atoms with Crippen molar-refractivity contribution in [2.75, 3.05) is 0 Å². The molecule has 0 aliphatic rings. The van der Waals surface area contributed by atoms with E-state index in [0.29, 0.717) is 0 Å². The van der Waals surface area contributed by atoms with Gasteiger partial charge in [-0.3, -0.25) is 0 Å². The molecule has 3 nitrogen and oxygen atoms in total. The molecule has 0 amide bonds. The molecule has 0 aromatic heterocycles. The highest BCUT2D eigenvalue weighted by molar-refractivity contribution is 7.86. The number of aryl methyl sites for hydroxylation is 3. The maximum Gasteiger partial charge on any atom is 0.485 e. The van der Waals surface area contributed by atoms with E-state index in [2.05, 4.69) is 87.5 Å². The van der Waals surface area contributed by atoms with Gasteiger partial charge in [-0.25, -0.2) is 8.42 Å². The van der Waals surface area contributed by atoms with Gasteiger partial charge in [0.05, 0.1) is 0 Å². The van der Waals surface area contributed by atoms with E-state index in [9.17, 15) is 13.2 Å². The van der Waals surface area contributed by atoms with Gasteiger partial charge in [-0.1, -0.05) is 48.0 Å². The molecule has 0 fully saturated rings. The van der Waals surface area contributed by atoms with Gasteiger partial charge in [-0.15, -0.1) is 0 Å². The number of alkyl halides is 3. The quantitative estimate of drug-likeness (QED) is 0.287. The molecule has 0 bridgehead atoms. The zero-order chi connectivity index (χ0) is 22.5. The van der Waals surface area contributed by atoms with Crippen LogP contribution in [0.4, 0.5) is 13.2 Å². The molecular weight excluding hydrogens is 528 g/mol. The molecule has 3 aromatic carbocycles. The van der Waals surface area contributed by atoms with Crippen molar-refractivity contribution in [3.63, 3.8) is 0 Å². The van der Waals surface area contributed by atoms with Crippen LogP contribution in [0.3, 0.4) is 0 Å². The normalized spacial score (nSPS) is 11.6. The van der Waals surface area contributed by atoms with E-state index < -0.39 is 15.6 Å². The Morgan fingerprint density at radius 3 is 1.67 bits per heavy atom. The number of hydrogen-bond donors (Lipinski definition) is 0. The standard InChI is InChI=1S/C21H20I.CHF3O3S/c1-15-13-16(2)21(17(3)14-15)22-20-11-9-19(10-12-20)18-7-5-4-6-8-18;2-1(3,4)8(5,6)7/h4-14H,1-3H3;(H,5,6,7)/q+1;/p-1. The molecule has 0 saturated heterocycles. The maximum atomic E-state index is 10.7. The lowest BCUT2D eigenvalue weighted by atomic mass is 10.1. The van der Waals surface area contributed by atoms with E-state index in [4.69, 9.17) is 13.0 Å². The molecule has 0 saturated carbocycles. The van der Waals surface area contributed by atoms with Crippen molar-refractivity contribution in [1.29, 1.82) is 0 Å². The first-order chi connectivity index (χ1) is 13.9. The second kappa shape index (κ2) is 9.93. The summed E-state index contributed by atoms with van der Waals surface area (Å²) in [5.74, 6) is 0. The van der Waals surface area contributed by atoms with Crippen molar-refractivity contribution in [3.05, 3.63) is 90.6 Å². The van der Waals surface area contributed by atoms with Gasteiger partial charge in [0.1, 0.15) is 0 Å². The maximum absolute atomic E-state index is 10.7. The fourth-order valence-electron chi connectivity index (χ4n) is 2.76. The molecule has 0 N–H and O–H groups in total. The smallest absolute Gasteiger partial charge is 0.485 e. The molecule has 0 unspecified atom stereocenters. The molecule has 0 spiro atoms. The number of benzene rings is 3. The van der Waals surface area contributed by atoms with Crippen molar-refractivity contribution in [3.8, 4) is 11.1 Å². The van der Waals surface area contributed by atoms with Crippen molar-refractivity contribution < 1.29 is 47.3 Å². The van der Waals surface area contributed by atoms with Gasteiger partial charge in [-0.2, -0.15) is 13.2 Å². The summed E-state index contributed by atoms with van der Waals surface area (Å²) < 4.78 is 61.9. The first-order valence-corrected chi connectivity index (χ1v) is 12.4. The number of rotatable bonds is 3. The lowest BCUT2D eigenvalue weighted by Gasteiger charge is -2.08. The Morgan fingerprint density at radius 2 is 1.23 bits per heavy atom. The molecule has 30 heavy (non-hydrogen) atoms. The van der Waals surface area contributed by atoms with Crippen molar-refractivity contribution in [2.45, 2.75) is 26.3 Å². The van der Waals surface area contributed by atoms with Crippen LogP contribution in [0.5, 0.6) is 0 Å². The SMILES string of the molecule is Cc1cc(C)c([I+]c2ccc(-c3ccccc3)cc2)c(C)c1.O=S(=O)([O-])C(F)(F)F. The highest BCUT2D eigenvalue weighted by Crippen LogP contribution is 2.20. The van der Waals surface area contributed by atoms with Crippen LogP contribution in [0.2, 0.25) is 0 Å². The van der Waals surface area contributed by atoms with E-state index in [1.807, 2.05) is 0 Å². The predicted octanol–water partition coefficient (Wildman–Crippen LogP) is 2.46. The third kappa shape index (κ3) is 6.82. The average molecular weight is 548 g/mol. The topological polar surface area (TPSA) is 57.2 Å². The van der Waals surface area contributed by atoms with Crippen LogP contribution in [0, 0.1) is 27.9 Å². The summed E-state index contributed by atoms with van der Waals surface area (Å²) in [5, 5.41) is 0. The van der Waals surface area contributed by atoms with Gasteiger partial charge in [0.25, 0.3) is 0 Å². The lowest BCUT2D eigenvalue weighted by molar-refractivity contribution is -0.598. The van der Waals surface area contributed by atoms with Crippen LogP contribution in [0.15, 0.2) is 66.7 Å². The molecule has 3 aromatic rings. The fourth-order valence-corrected chi connectivity index (χ4v) is 5.26. The zero-order valence-corrected chi connectivity index (χ0v) is 19.5. The average Bonchev–Trinajstić information content (AvgIpc) is 2.65. The van der Waals surface area contributed by atoms with E-state index in [-0.39, 0.29) is 21.2 Å².